The Morgan fingerprint density at radius 2 is 2.00 bits per heavy atom. The molecule has 0 spiro atoms. The molecule has 2 aromatic carbocycles. The quantitative estimate of drug-likeness (QED) is 0.780. The standard InChI is InChI=1S/C15H12Br2FNO2/c1-21-8-10-11(16)3-2-4-14(10)19-15(20)9-5-6-13(18)12(17)7-9/h2-7H,8H2,1H3,(H,19,20). The summed E-state index contributed by atoms with van der Waals surface area (Å²) < 4.78 is 19.4. The monoisotopic (exact) mass is 415 g/mol. The molecule has 0 aromatic heterocycles. The molecule has 110 valence electrons. The van der Waals surface area contributed by atoms with Gasteiger partial charge in [0, 0.05) is 28.4 Å². The lowest BCUT2D eigenvalue weighted by atomic mass is 10.1. The molecule has 0 bridgehead atoms. The van der Waals surface area contributed by atoms with Gasteiger partial charge in [0.1, 0.15) is 5.82 Å². The van der Waals surface area contributed by atoms with Crippen LogP contribution in [-0.2, 0) is 11.3 Å². The maximum Gasteiger partial charge on any atom is 0.255 e. The number of ether oxygens (including phenoxy) is 1. The molecule has 2 rings (SSSR count). The number of carbonyl (C=O) groups excluding carboxylic acids is 1. The summed E-state index contributed by atoms with van der Waals surface area (Å²) in [7, 11) is 1.59. The second-order valence-corrected chi connectivity index (χ2v) is 5.99. The second-order valence-electron chi connectivity index (χ2n) is 4.28. The third-order valence-electron chi connectivity index (χ3n) is 2.84. The van der Waals surface area contributed by atoms with E-state index in [1.54, 1.807) is 13.2 Å². The molecule has 0 aliphatic heterocycles. The van der Waals surface area contributed by atoms with Crippen LogP contribution in [0.4, 0.5) is 10.1 Å². The molecule has 1 amide bonds. The molecule has 2 aromatic rings. The summed E-state index contributed by atoms with van der Waals surface area (Å²) in [4.78, 5) is 12.2. The molecule has 6 heteroatoms. The van der Waals surface area contributed by atoms with Crippen LogP contribution < -0.4 is 5.32 Å². The zero-order valence-electron chi connectivity index (χ0n) is 11.1. The Bertz CT molecular complexity index is 677. The van der Waals surface area contributed by atoms with E-state index in [4.69, 9.17) is 4.74 Å². The predicted octanol–water partition coefficient (Wildman–Crippen LogP) is 4.75. The molecule has 1 N–H and O–H groups in total. The molecule has 0 unspecified atom stereocenters. The highest BCUT2D eigenvalue weighted by atomic mass is 79.9. The summed E-state index contributed by atoms with van der Waals surface area (Å²) in [6, 6.07) is 9.60. The lowest BCUT2D eigenvalue weighted by Gasteiger charge is -2.12. The molecule has 0 heterocycles. The van der Waals surface area contributed by atoms with Crippen molar-refractivity contribution < 1.29 is 13.9 Å². The lowest BCUT2D eigenvalue weighted by Crippen LogP contribution is -2.14. The fraction of sp³-hybridized carbons (Fsp3) is 0.133. The SMILES string of the molecule is COCc1c(Br)cccc1NC(=O)c1ccc(F)c(Br)c1. The molecule has 0 aliphatic rings. The number of rotatable bonds is 4. The van der Waals surface area contributed by atoms with Crippen molar-refractivity contribution in [2.24, 2.45) is 0 Å². The number of halogens is 3. The van der Waals surface area contributed by atoms with Gasteiger partial charge >= 0.3 is 0 Å². The number of hydrogen-bond donors (Lipinski definition) is 1. The average molecular weight is 417 g/mol. The number of hydrogen-bond acceptors (Lipinski definition) is 2. The van der Waals surface area contributed by atoms with Crippen molar-refractivity contribution in [1.29, 1.82) is 0 Å². The van der Waals surface area contributed by atoms with Gasteiger partial charge in [-0.3, -0.25) is 4.79 Å². The van der Waals surface area contributed by atoms with E-state index in [-0.39, 0.29) is 10.4 Å². The van der Waals surface area contributed by atoms with Crippen LogP contribution in [0.2, 0.25) is 0 Å². The minimum Gasteiger partial charge on any atom is -0.380 e. The van der Waals surface area contributed by atoms with E-state index in [2.05, 4.69) is 37.2 Å². The van der Waals surface area contributed by atoms with Gasteiger partial charge in [0.05, 0.1) is 11.1 Å². The Kier molecular flexibility index (Phi) is 5.50. The van der Waals surface area contributed by atoms with Gasteiger partial charge in [0.25, 0.3) is 5.91 Å². The average Bonchev–Trinajstić information content (AvgIpc) is 2.45. The van der Waals surface area contributed by atoms with Crippen molar-refractivity contribution in [3.05, 3.63) is 62.3 Å². The fourth-order valence-electron chi connectivity index (χ4n) is 1.80. The number of amides is 1. The van der Waals surface area contributed by atoms with Gasteiger partial charge < -0.3 is 10.1 Å². The van der Waals surface area contributed by atoms with Gasteiger partial charge in [-0.2, -0.15) is 0 Å². The van der Waals surface area contributed by atoms with Crippen LogP contribution in [0.1, 0.15) is 15.9 Å². The topological polar surface area (TPSA) is 38.3 Å². The molecular weight excluding hydrogens is 405 g/mol. The third-order valence-corrected chi connectivity index (χ3v) is 4.19. The summed E-state index contributed by atoms with van der Waals surface area (Å²) in [5, 5.41) is 2.81. The van der Waals surface area contributed by atoms with Gasteiger partial charge in [0.15, 0.2) is 0 Å². The van der Waals surface area contributed by atoms with Crippen LogP contribution in [0, 0.1) is 5.82 Å². The highest BCUT2D eigenvalue weighted by molar-refractivity contribution is 9.10. The summed E-state index contributed by atoms with van der Waals surface area (Å²) >= 11 is 6.50. The first-order valence-corrected chi connectivity index (χ1v) is 7.64. The van der Waals surface area contributed by atoms with Gasteiger partial charge in [-0.1, -0.05) is 22.0 Å². The normalized spacial score (nSPS) is 10.5. The third kappa shape index (κ3) is 3.90. The minimum atomic E-state index is -0.408. The van der Waals surface area contributed by atoms with Gasteiger partial charge in [-0.05, 0) is 46.3 Å². The number of benzene rings is 2. The van der Waals surface area contributed by atoms with Crippen molar-refractivity contribution in [3.63, 3.8) is 0 Å². The van der Waals surface area contributed by atoms with Gasteiger partial charge in [-0.25, -0.2) is 4.39 Å². The van der Waals surface area contributed by atoms with Crippen LogP contribution in [0.5, 0.6) is 0 Å². The number of anilines is 1. The molecule has 0 saturated carbocycles. The fourth-order valence-corrected chi connectivity index (χ4v) is 2.66. The molecule has 21 heavy (non-hydrogen) atoms. The van der Waals surface area contributed by atoms with E-state index < -0.39 is 5.82 Å². The second kappa shape index (κ2) is 7.15. The van der Waals surface area contributed by atoms with E-state index >= 15 is 0 Å². The molecule has 0 saturated heterocycles. The summed E-state index contributed by atoms with van der Waals surface area (Å²) in [5.41, 5.74) is 1.86. The van der Waals surface area contributed by atoms with Crippen LogP contribution >= 0.6 is 31.9 Å². The van der Waals surface area contributed by atoms with Gasteiger partial charge in [0.2, 0.25) is 0 Å². The van der Waals surface area contributed by atoms with Gasteiger partial charge in [-0.15, -0.1) is 0 Å². The van der Waals surface area contributed by atoms with Crippen molar-refractivity contribution in [2.45, 2.75) is 6.61 Å². The van der Waals surface area contributed by atoms with E-state index in [0.717, 1.165) is 10.0 Å². The number of carbonyl (C=O) groups is 1. The highest BCUT2D eigenvalue weighted by Gasteiger charge is 2.12. The van der Waals surface area contributed by atoms with E-state index in [0.29, 0.717) is 17.9 Å². The summed E-state index contributed by atoms with van der Waals surface area (Å²) in [5.74, 6) is -0.722. The van der Waals surface area contributed by atoms with Crippen molar-refractivity contribution in [1.82, 2.24) is 0 Å². The van der Waals surface area contributed by atoms with Crippen LogP contribution in [0.3, 0.4) is 0 Å². The first-order valence-electron chi connectivity index (χ1n) is 6.05. The van der Waals surface area contributed by atoms with Crippen molar-refractivity contribution in [3.8, 4) is 0 Å². The van der Waals surface area contributed by atoms with Crippen LogP contribution in [0.15, 0.2) is 45.3 Å². The Morgan fingerprint density at radius 1 is 1.24 bits per heavy atom. The smallest absolute Gasteiger partial charge is 0.255 e. The Balaban J connectivity index is 2.27. The van der Waals surface area contributed by atoms with E-state index in [1.165, 1.54) is 18.2 Å². The van der Waals surface area contributed by atoms with Crippen molar-refractivity contribution >= 4 is 43.5 Å². The van der Waals surface area contributed by atoms with Crippen molar-refractivity contribution in [2.75, 3.05) is 12.4 Å². The first kappa shape index (κ1) is 16.1. The zero-order valence-corrected chi connectivity index (χ0v) is 14.3. The van der Waals surface area contributed by atoms with Crippen LogP contribution in [-0.4, -0.2) is 13.0 Å². The largest absolute Gasteiger partial charge is 0.380 e. The Hall–Kier alpha value is -1.24. The van der Waals surface area contributed by atoms with E-state index in [9.17, 15) is 9.18 Å². The molecule has 0 atom stereocenters. The van der Waals surface area contributed by atoms with E-state index in [1.807, 2.05) is 12.1 Å². The molecule has 3 nitrogen and oxygen atoms in total. The summed E-state index contributed by atoms with van der Waals surface area (Å²) in [6.07, 6.45) is 0. The minimum absolute atomic E-state index is 0.251. The first-order chi connectivity index (χ1) is 10.0. The number of methoxy groups -OCH3 is 1. The summed E-state index contributed by atoms with van der Waals surface area (Å²) in [6.45, 7) is 0.365. The highest BCUT2D eigenvalue weighted by Crippen LogP contribution is 2.26. The Morgan fingerprint density at radius 3 is 2.67 bits per heavy atom. The Labute approximate surface area is 138 Å². The van der Waals surface area contributed by atoms with Crippen LogP contribution in [0.25, 0.3) is 0 Å². The molecule has 0 aliphatic carbocycles. The maximum atomic E-state index is 13.2. The maximum absolute atomic E-state index is 13.2. The molecule has 0 fully saturated rings. The lowest BCUT2D eigenvalue weighted by molar-refractivity contribution is 0.102. The predicted molar refractivity (Wildman–Crippen MR) is 86.9 cm³/mol. The molecule has 0 radical (unpaired) electrons. The molecular formula is C15H12Br2FNO2. The zero-order chi connectivity index (χ0) is 15.4. The number of nitrogens with one attached hydrogen (secondary N) is 1.